The molecule has 2 aromatic rings. The minimum Gasteiger partial charge on any atom is -0.304 e. The molecule has 5 nitrogen and oxygen atoms in total. The molecule has 2 heterocycles. The molecule has 0 fully saturated rings. The van der Waals surface area contributed by atoms with E-state index in [-0.39, 0.29) is 6.04 Å². The Morgan fingerprint density at radius 2 is 1.88 bits per heavy atom. The number of rotatable bonds is 5. The van der Waals surface area contributed by atoms with Gasteiger partial charge in [0.15, 0.2) is 0 Å². The zero-order chi connectivity index (χ0) is 12.3. The fraction of sp³-hybridized carbons (Fsp3) is 0.500. The van der Waals surface area contributed by atoms with Crippen molar-refractivity contribution in [1.29, 1.82) is 0 Å². The molecular weight excluding hydrogens is 214 g/mol. The second-order valence-electron chi connectivity index (χ2n) is 3.94. The standard InChI is InChI=1S/C12H19N5/c1-4-13-12(10-6-8-14-16(10)3)11-7-9-15-17(11)5-2/h6-9,12-13H,4-5H2,1-3H3. The fourth-order valence-electron chi connectivity index (χ4n) is 2.08. The molecule has 0 aliphatic heterocycles. The molecule has 0 bridgehead atoms. The molecular formula is C12H19N5. The molecule has 0 amide bonds. The molecule has 1 atom stereocenters. The van der Waals surface area contributed by atoms with Crippen LogP contribution in [0.4, 0.5) is 0 Å². The summed E-state index contributed by atoms with van der Waals surface area (Å²) >= 11 is 0. The highest BCUT2D eigenvalue weighted by Crippen LogP contribution is 2.20. The van der Waals surface area contributed by atoms with Crippen molar-refractivity contribution in [3.05, 3.63) is 35.9 Å². The van der Waals surface area contributed by atoms with Gasteiger partial charge in [0.1, 0.15) is 0 Å². The minimum atomic E-state index is 0.148. The van der Waals surface area contributed by atoms with E-state index in [0.29, 0.717) is 0 Å². The Bertz CT molecular complexity index is 471. The van der Waals surface area contributed by atoms with Gasteiger partial charge in [-0.15, -0.1) is 0 Å². The molecule has 1 unspecified atom stereocenters. The molecule has 2 rings (SSSR count). The van der Waals surface area contributed by atoms with Crippen LogP contribution in [0, 0.1) is 0 Å². The maximum Gasteiger partial charge on any atom is 0.0918 e. The van der Waals surface area contributed by atoms with Gasteiger partial charge in [0.05, 0.1) is 17.4 Å². The van der Waals surface area contributed by atoms with Crippen molar-refractivity contribution >= 4 is 0 Å². The van der Waals surface area contributed by atoms with Crippen LogP contribution in [0.1, 0.15) is 31.3 Å². The van der Waals surface area contributed by atoms with E-state index in [4.69, 9.17) is 0 Å². The van der Waals surface area contributed by atoms with Gasteiger partial charge in [0.25, 0.3) is 0 Å². The maximum absolute atomic E-state index is 4.32. The lowest BCUT2D eigenvalue weighted by atomic mass is 10.1. The smallest absolute Gasteiger partial charge is 0.0918 e. The molecule has 1 N–H and O–H groups in total. The third-order valence-corrected chi connectivity index (χ3v) is 2.91. The van der Waals surface area contributed by atoms with E-state index in [0.717, 1.165) is 18.8 Å². The van der Waals surface area contributed by atoms with E-state index in [1.807, 2.05) is 34.9 Å². The first-order valence-corrected chi connectivity index (χ1v) is 6.00. The zero-order valence-corrected chi connectivity index (χ0v) is 10.6. The van der Waals surface area contributed by atoms with Crippen LogP contribution in [0.2, 0.25) is 0 Å². The third-order valence-electron chi connectivity index (χ3n) is 2.91. The molecule has 0 aromatic carbocycles. The third kappa shape index (κ3) is 2.24. The summed E-state index contributed by atoms with van der Waals surface area (Å²) in [5.41, 5.74) is 2.33. The van der Waals surface area contributed by atoms with Crippen molar-refractivity contribution < 1.29 is 0 Å². The quantitative estimate of drug-likeness (QED) is 0.847. The number of aromatic nitrogens is 4. The Morgan fingerprint density at radius 3 is 2.47 bits per heavy atom. The van der Waals surface area contributed by atoms with Gasteiger partial charge < -0.3 is 5.32 Å². The van der Waals surface area contributed by atoms with Crippen LogP contribution in [-0.2, 0) is 13.6 Å². The molecule has 2 aromatic heterocycles. The fourth-order valence-corrected chi connectivity index (χ4v) is 2.08. The number of aryl methyl sites for hydroxylation is 2. The van der Waals surface area contributed by atoms with Crippen molar-refractivity contribution in [3.8, 4) is 0 Å². The SMILES string of the molecule is CCNC(c1ccnn1C)c1ccnn1CC. The van der Waals surface area contributed by atoms with E-state index in [2.05, 4.69) is 35.4 Å². The van der Waals surface area contributed by atoms with Crippen LogP contribution in [0.25, 0.3) is 0 Å². The largest absolute Gasteiger partial charge is 0.304 e. The average molecular weight is 233 g/mol. The van der Waals surface area contributed by atoms with E-state index in [1.165, 1.54) is 5.69 Å². The lowest BCUT2D eigenvalue weighted by molar-refractivity contribution is 0.515. The molecule has 0 saturated carbocycles. The summed E-state index contributed by atoms with van der Waals surface area (Å²) in [6.45, 7) is 5.99. The monoisotopic (exact) mass is 233 g/mol. The van der Waals surface area contributed by atoms with E-state index < -0.39 is 0 Å². The molecule has 0 aliphatic rings. The second kappa shape index (κ2) is 5.14. The number of hydrogen-bond acceptors (Lipinski definition) is 3. The molecule has 17 heavy (non-hydrogen) atoms. The maximum atomic E-state index is 4.32. The Morgan fingerprint density at radius 1 is 1.18 bits per heavy atom. The van der Waals surface area contributed by atoms with Crippen LogP contribution in [0.3, 0.4) is 0 Å². The number of hydrogen-bond donors (Lipinski definition) is 1. The average Bonchev–Trinajstić information content (AvgIpc) is 2.94. The van der Waals surface area contributed by atoms with Crippen LogP contribution in [-0.4, -0.2) is 26.1 Å². The Kier molecular flexibility index (Phi) is 3.58. The van der Waals surface area contributed by atoms with Crippen LogP contribution < -0.4 is 5.32 Å². The molecule has 0 saturated heterocycles. The lowest BCUT2D eigenvalue weighted by Gasteiger charge is -2.19. The molecule has 92 valence electrons. The van der Waals surface area contributed by atoms with Crippen LogP contribution in [0.15, 0.2) is 24.5 Å². The first-order chi connectivity index (χ1) is 8.27. The van der Waals surface area contributed by atoms with Gasteiger partial charge in [-0.3, -0.25) is 9.36 Å². The van der Waals surface area contributed by atoms with Crippen molar-refractivity contribution in [3.63, 3.8) is 0 Å². The highest BCUT2D eigenvalue weighted by molar-refractivity contribution is 5.21. The zero-order valence-electron chi connectivity index (χ0n) is 10.6. The molecule has 5 heteroatoms. The molecule has 0 spiro atoms. The van der Waals surface area contributed by atoms with Gasteiger partial charge in [0.2, 0.25) is 0 Å². The van der Waals surface area contributed by atoms with E-state index in [9.17, 15) is 0 Å². The van der Waals surface area contributed by atoms with Crippen molar-refractivity contribution in [2.24, 2.45) is 7.05 Å². The van der Waals surface area contributed by atoms with Crippen molar-refractivity contribution in [2.45, 2.75) is 26.4 Å². The van der Waals surface area contributed by atoms with Gasteiger partial charge in [-0.25, -0.2) is 0 Å². The Hall–Kier alpha value is -1.62. The predicted molar refractivity (Wildman–Crippen MR) is 66.6 cm³/mol. The lowest BCUT2D eigenvalue weighted by Crippen LogP contribution is -2.26. The molecule has 0 aliphatic carbocycles. The van der Waals surface area contributed by atoms with Crippen LogP contribution >= 0.6 is 0 Å². The predicted octanol–water partition coefficient (Wildman–Crippen LogP) is 1.34. The van der Waals surface area contributed by atoms with Crippen molar-refractivity contribution in [2.75, 3.05) is 6.54 Å². The van der Waals surface area contributed by atoms with E-state index >= 15 is 0 Å². The van der Waals surface area contributed by atoms with Gasteiger partial charge >= 0.3 is 0 Å². The summed E-state index contributed by atoms with van der Waals surface area (Å²) in [6, 6.07) is 4.25. The van der Waals surface area contributed by atoms with Gasteiger partial charge in [-0.05, 0) is 25.6 Å². The first kappa shape index (κ1) is 11.9. The summed E-state index contributed by atoms with van der Waals surface area (Å²) in [7, 11) is 1.96. The summed E-state index contributed by atoms with van der Waals surface area (Å²) in [5.74, 6) is 0. The van der Waals surface area contributed by atoms with E-state index in [1.54, 1.807) is 0 Å². The summed E-state index contributed by atoms with van der Waals surface area (Å²) in [4.78, 5) is 0. The highest BCUT2D eigenvalue weighted by atomic mass is 15.3. The topological polar surface area (TPSA) is 47.7 Å². The van der Waals surface area contributed by atoms with Crippen LogP contribution in [0.5, 0.6) is 0 Å². The Balaban J connectivity index is 2.39. The van der Waals surface area contributed by atoms with Gasteiger partial charge in [0, 0.05) is 26.0 Å². The number of nitrogens with one attached hydrogen (secondary N) is 1. The van der Waals surface area contributed by atoms with Gasteiger partial charge in [-0.1, -0.05) is 6.92 Å². The first-order valence-electron chi connectivity index (χ1n) is 6.00. The summed E-state index contributed by atoms with van der Waals surface area (Å²) < 4.78 is 3.92. The highest BCUT2D eigenvalue weighted by Gasteiger charge is 2.19. The normalized spacial score (nSPS) is 12.9. The number of nitrogens with zero attached hydrogens (tertiary/aromatic N) is 4. The summed E-state index contributed by atoms with van der Waals surface area (Å²) in [5, 5.41) is 12.0. The molecule has 0 radical (unpaired) electrons. The summed E-state index contributed by atoms with van der Waals surface area (Å²) in [6.07, 6.45) is 3.67. The van der Waals surface area contributed by atoms with Gasteiger partial charge in [-0.2, -0.15) is 10.2 Å². The minimum absolute atomic E-state index is 0.148. The second-order valence-corrected chi connectivity index (χ2v) is 3.94. The Labute approximate surface area is 101 Å². The van der Waals surface area contributed by atoms with Crippen molar-refractivity contribution in [1.82, 2.24) is 24.9 Å².